The second-order valence-electron chi connectivity index (χ2n) is 5.34. The van der Waals surface area contributed by atoms with Crippen LogP contribution >= 0.6 is 0 Å². The third-order valence-corrected chi connectivity index (χ3v) is 3.66. The third-order valence-electron chi connectivity index (χ3n) is 3.66. The molecule has 1 aliphatic rings. The van der Waals surface area contributed by atoms with Gasteiger partial charge in [-0.2, -0.15) is 0 Å². The predicted octanol–water partition coefficient (Wildman–Crippen LogP) is 3.56. The molecule has 0 radical (unpaired) electrons. The minimum atomic E-state index is -0.284. The first kappa shape index (κ1) is 13.6. The third kappa shape index (κ3) is 2.75. The molecule has 21 heavy (non-hydrogen) atoms. The zero-order valence-corrected chi connectivity index (χ0v) is 11.8. The molecule has 0 fully saturated rings. The largest absolute Gasteiger partial charge is 0.380 e. The first-order valence-electron chi connectivity index (χ1n) is 7.04. The Morgan fingerprint density at radius 2 is 1.90 bits per heavy atom. The topological polar surface area (TPSA) is 32.3 Å². The molecular weight excluding hydrogens is 267 g/mol. The number of halogens is 1. The highest BCUT2D eigenvalue weighted by molar-refractivity contribution is 5.98. The quantitative estimate of drug-likeness (QED) is 0.914. The Hall–Kier alpha value is -2.36. The molecule has 0 saturated heterocycles. The lowest BCUT2D eigenvalue weighted by Gasteiger charge is -2.22. The van der Waals surface area contributed by atoms with Crippen LogP contribution in [-0.2, 0) is 11.3 Å². The number of nitrogens with zero attached hydrogens (tertiary/aromatic N) is 1. The average molecular weight is 284 g/mol. The van der Waals surface area contributed by atoms with Gasteiger partial charge in [0.1, 0.15) is 5.82 Å². The maximum absolute atomic E-state index is 13.9. The van der Waals surface area contributed by atoms with Crippen LogP contribution in [0.3, 0.4) is 0 Å². The monoisotopic (exact) mass is 284 g/mol. The van der Waals surface area contributed by atoms with Crippen molar-refractivity contribution in [1.29, 1.82) is 0 Å². The number of rotatable bonds is 2. The van der Waals surface area contributed by atoms with E-state index in [4.69, 9.17) is 0 Å². The zero-order chi connectivity index (χ0) is 14.8. The summed E-state index contributed by atoms with van der Waals surface area (Å²) in [6.07, 6.45) is 0.392. The molecule has 1 atom stereocenters. The SMILES string of the molecule is C[C@H]1CC(=O)N(Cc2ccccc2F)c2ccccc2N1. The summed E-state index contributed by atoms with van der Waals surface area (Å²) in [7, 11) is 0. The van der Waals surface area contributed by atoms with Crippen molar-refractivity contribution in [2.75, 3.05) is 10.2 Å². The predicted molar refractivity (Wildman–Crippen MR) is 81.7 cm³/mol. The highest BCUT2D eigenvalue weighted by Gasteiger charge is 2.25. The highest BCUT2D eigenvalue weighted by Crippen LogP contribution is 2.31. The molecule has 1 amide bonds. The molecule has 4 heteroatoms. The molecule has 2 aromatic rings. The van der Waals surface area contributed by atoms with Crippen LogP contribution in [0.25, 0.3) is 0 Å². The van der Waals surface area contributed by atoms with Gasteiger partial charge in [-0.15, -0.1) is 0 Å². The van der Waals surface area contributed by atoms with Crippen molar-refractivity contribution in [2.24, 2.45) is 0 Å². The Kier molecular flexibility index (Phi) is 3.60. The van der Waals surface area contributed by atoms with E-state index in [1.54, 1.807) is 23.1 Å². The summed E-state index contributed by atoms with van der Waals surface area (Å²) >= 11 is 0. The fourth-order valence-electron chi connectivity index (χ4n) is 2.62. The van der Waals surface area contributed by atoms with Gasteiger partial charge < -0.3 is 10.2 Å². The molecule has 0 unspecified atom stereocenters. The van der Waals surface area contributed by atoms with Gasteiger partial charge in [0.05, 0.1) is 17.9 Å². The fraction of sp³-hybridized carbons (Fsp3) is 0.235. The molecule has 0 bridgehead atoms. The van der Waals surface area contributed by atoms with Crippen molar-refractivity contribution < 1.29 is 9.18 Å². The lowest BCUT2D eigenvalue weighted by Crippen LogP contribution is -2.31. The smallest absolute Gasteiger partial charge is 0.229 e. The minimum Gasteiger partial charge on any atom is -0.380 e. The van der Waals surface area contributed by atoms with Gasteiger partial charge in [-0.25, -0.2) is 4.39 Å². The summed E-state index contributed by atoms with van der Waals surface area (Å²) in [6.45, 7) is 2.22. The molecule has 3 rings (SSSR count). The number of para-hydroxylation sites is 2. The van der Waals surface area contributed by atoms with Gasteiger partial charge in [-0.1, -0.05) is 30.3 Å². The van der Waals surface area contributed by atoms with Crippen molar-refractivity contribution in [3.8, 4) is 0 Å². The number of amides is 1. The second-order valence-corrected chi connectivity index (χ2v) is 5.34. The lowest BCUT2D eigenvalue weighted by atomic mass is 10.1. The molecule has 1 heterocycles. The van der Waals surface area contributed by atoms with Crippen LogP contribution in [0.15, 0.2) is 48.5 Å². The molecule has 1 N–H and O–H groups in total. The van der Waals surface area contributed by atoms with Crippen LogP contribution in [-0.4, -0.2) is 11.9 Å². The Morgan fingerprint density at radius 1 is 1.19 bits per heavy atom. The van der Waals surface area contributed by atoms with Crippen molar-refractivity contribution in [3.05, 3.63) is 59.9 Å². The molecular formula is C17H17FN2O. The van der Waals surface area contributed by atoms with Gasteiger partial charge in [-0.05, 0) is 25.1 Å². The summed E-state index contributed by atoms with van der Waals surface area (Å²) in [5.74, 6) is -0.281. The van der Waals surface area contributed by atoms with E-state index >= 15 is 0 Å². The molecule has 0 spiro atoms. The summed E-state index contributed by atoms with van der Waals surface area (Å²) < 4.78 is 13.9. The van der Waals surface area contributed by atoms with E-state index in [1.165, 1.54) is 6.07 Å². The molecule has 0 aromatic heterocycles. The van der Waals surface area contributed by atoms with Crippen LogP contribution in [0.4, 0.5) is 15.8 Å². The molecule has 0 saturated carbocycles. The Morgan fingerprint density at radius 3 is 2.71 bits per heavy atom. The van der Waals surface area contributed by atoms with Crippen LogP contribution in [0, 0.1) is 5.82 Å². The summed E-state index contributed by atoms with van der Waals surface area (Å²) in [5, 5.41) is 3.33. The van der Waals surface area contributed by atoms with Gasteiger partial charge in [0.25, 0.3) is 0 Å². The number of carbonyl (C=O) groups excluding carboxylic acids is 1. The van der Waals surface area contributed by atoms with Crippen LogP contribution in [0.1, 0.15) is 18.9 Å². The Bertz CT molecular complexity index is 671. The number of carbonyl (C=O) groups is 1. The second kappa shape index (κ2) is 5.56. The highest BCUT2D eigenvalue weighted by atomic mass is 19.1. The van der Waals surface area contributed by atoms with Crippen molar-refractivity contribution in [1.82, 2.24) is 0 Å². The van der Waals surface area contributed by atoms with Gasteiger partial charge in [-0.3, -0.25) is 4.79 Å². The maximum Gasteiger partial charge on any atom is 0.229 e. The van der Waals surface area contributed by atoms with Crippen LogP contribution in [0.2, 0.25) is 0 Å². The number of hydrogen-bond donors (Lipinski definition) is 1. The zero-order valence-electron chi connectivity index (χ0n) is 11.8. The normalized spacial score (nSPS) is 17.9. The van der Waals surface area contributed by atoms with Gasteiger partial charge >= 0.3 is 0 Å². The number of nitrogens with one attached hydrogen (secondary N) is 1. The first-order chi connectivity index (χ1) is 10.1. The Balaban J connectivity index is 2.00. The van der Waals surface area contributed by atoms with Gasteiger partial charge in [0.2, 0.25) is 5.91 Å². The van der Waals surface area contributed by atoms with E-state index in [0.29, 0.717) is 12.0 Å². The molecule has 2 aromatic carbocycles. The molecule has 1 aliphatic heterocycles. The number of anilines is 2. The van der Waals surface area contributed by atoms with Crippen LogP contribution in [0.5, 0.6) is 0 Å². The van der Waals surface area contributed by atoms with Gasteiger partial charge in [0, 0.05) is 18.0 Å². The number of benzene rings is 2. The van der Waals surface area contributed by atoms with E-state index in [-0.39, 0.29) is 24.3 Å². The first-order valence-corrected chi connectivity index (χ1v) is 7.04. The summed E-state index contributed by atoms with van der Waals surface area (Å²) in [4.78, 5) is 14.1. The summed E-state index contributed by atoms with van der Waals surface area (Å²) in [5.41, 5.74) is 2.23. The number of hydrogen-bond acceptors (Lipinski definition) is 2. The van der Waals surface area contributed by atoms with E-state index in [0.717, 1.165) is 11.4 Å². The average Bonchev–Trinajstić information content (AvgIpc) is 2.58. The lowest BCUT2D eigenvalue weighted by molar-refractivity contribution is -0.118. The molecule has 3 nitrogen and oxygen atoms in total. The van der Waals surface area contributed by atoms with Crippen molar-refractivity contribution in [3.63, 3.8) is 0 Å². The van der Waals surface area contributed by atoms with Crippen molar-refractivity contribution in [2.45, 2.75) is 25.9 Å². The molecule has 0 aliphatic carbocycles. The van der Waals surface area contributed by atoms with E-state index < -0.39 is 0 Å². The molecule has 108 valence electrons. The standard InChI is InChI=1S/C17H17FN2O/c1-12-10-17(21)20(11-13-6-2-3-7-14(13)18)16-9-5-4-8-15(16)19-12/h2-9,12,19H,10-11H2,1H3/t12-/m0/s1. The van der Waals surface area contributed by atoms with Crippen LogP contribution < -0.4 is 10.2 Å². The Labute approximate surface area is 123 Å². The van der Waals surface area contributed by atoms with E-state index in [1.807, 2.05) is 31.2 Å². The van der Waals surface area contributed by atoms with E-state index in [2.05, 4.69) is 5.32 Å². The van der Waals surface area contributed by atoms with E-state index in [9.17, 15) is 9.18 Å². The van der Waals surface area contributed by atoms with Gasteiger partial charge in [0.15, 0.2) is 0 Å². The summed E-state index contributed by atoms with van der Waals surface area (Å²) in [6, 6.07) is 14.3. The fourth-order valence-corrected chi connectivity index (χ4v) is 2.62. The van der Waals surface area contributed by atoms with Crippen molar-refractivity contribution >= 4 is 17.3 Å². The minimum absolute atomic E-state index is 0.00297. The number of fused-ring (bicyclic) bond motifs is 1. The maximum atomic E-state index is 13.9.